The molecule has 0 radical (unpaired) electrons. The first-order valence-corrected chi connectivity index (χ1v) is 5.91. The molecular formula is C12H14F3N3O. The summed E-state index contributed by atoms with van der Waals surface area (Å²) in [6, 6.07) is 4.73. The molecule has 0 atom stereocenters. The molecule has 1 saturated heterocycles. The summed E-state index contributed by atoms with van der Waals surface area (Å²) in [6.45, 7) is 2.32. The highest BCUT2D eigenvalue weighted by atomic mass is 19.4. The van der Waals surface area contributed by atoms with Crippen LogP contribution in [0.4, 0.5) is 23.7 Å². The fourth-order valence-corrected chi connectivity index (χ4v) is 1.84. The zero-order valence-corrected chi connectivity index (χ0v) is 10.1. The molecule has 1 aromatic rings. The number of amides is 2. The Labute approximate surface area is 108 Å². The number of hydrogen-bond donors (Lipinski definition) is 2. The van der Waals surface area contributed by atoms with E-state index in [1.54, 1.807) is 4.90 Å². The number of carbonyl (C=O) groups excluding carboxylic acids is 1. The van der Waals surface area contributed by atoms with E-state index in [-0.39, 0.29) is 6.03 Å². The molecule has 0 bridgehead atoms. The van der Waals surface area contributed by atoms with Gasteiger partial charge in [0.1, 0.15) is 0 Å². The van der Waals surface area contributed by atoms with Gasteiger partial charge in [-0.1, -0.05) is 0 Å². The first-order chi connectivity index (χ1) is 8.97. The minimum atomic E-state index is -4.31. The van der Waals surface area contributed by atoms with Crippen LogP contribution in [0, 0.1) is 0 Å². The molecular weight excluding hydrogens is 259 g/mol. The van der Waals surface area contributed by atoms with Crippen molar-refractivity contribution in [3.8, 4) is 0 Å². The zero-order chi connectivity index (χ0) is 13.9. The third-order valence-electron chi connectivity index (χ3n) is 2.87. The molecule has 104 valence electrons. The highest BCUT2D eigenvalue weighted by Crippen LogP contribution is 2.29. The molecule has 1 aliphatic heterocycles. The molecule has 1 fully saturated rings. The van der Waals surface area contributed by atoms with Gasteiger partial charge >= 0.3 is 12.2 Å². The van der Waals surface area contributed by atoms with Crippen molar-refractivity contribution in [2.45, 2.75) is 6.18 Å². The van der Waals surface area contributed by atoms with Crippen LogP contribution in [-0.2, 0) is 6.18 Å². The summed E-state index contributed by atoms with van der Waals surface area (Å²) in [5.74, 6) is 0. The van der Waals surface area contributed by atoms with Crippen LogP contribution >= 0.6 is 0 Å². The van der Waals surface area contributed by atoms with Crippen molar-refractivity contribution in [1.29, 1.82) is 0 Å². The largest absolute Gasteiger partial charge is 0.416 e. The third kappa shape index (κ3) is 3.52. The number of rotatable bonds is 4. The lowest BCUT2D eigenvalue weighted by molar-refractivity contribution is -0.137. The predicted molar refractivity (Wildman–Crippen MR) is 64.9 cm³/mol. The molecule has 0 aromatic heterocycles. The normalized spacial score (nSPS) is 15.5. The first kappa shape index (κ1) is 13.5. The second-order valence-corrected chi connectivity index (χ2v) is 4.22. The summed E-state index contributed by atoms with van der Waals surface area (Å²) in [5, 5.41) is 5.66. The van der Waals surface area contributed by atoms with E-state index in [1.807, 2.05) is 0 Å². The topological polar surface area (TPSA) is 44.4 Å². The number of halogens is 3. The Hall–Kier alpha value is -1.92. The molecule has 0 saturated carbocycles. The number of anilines is 1. The minimum Gasteiger partial charge on any atom is -0.383 e. The molecule has 0 unspecified atom stereocenters. The van der Waals surface area contributed by atoms with Crippen molar-refractivity contribution in [3.63, 3.8) is 0 Å². The number of nitrogens with zero attached hydrogens (tertiary/aromatic N) is 1. The van der Waals surface area contributed by atoms with Crippen LogP contribution in [0.5, 0.6) is 0 Å². The number of nitrogens with one attached hydrogen (secondary N) is 2. The van der Waals surface area contributed by atoms with Crippen LogP contribution in [0.25, 0.3) is 0 Å². The molecule has 2 amide bonds. The Bertz CT molecular complexity index is 445. The summed E-state index contributed by atoms with van der Waals surface area (Å²) < 4.78 is 37.0. The van der Waals surface area contributed by atoms with E-state index in [0.717, 1.165) is 12.1 Å². The summed E-state index contributed by atoms with van der Waals surface area (Å²) in [5.41, 5.74) is -0.0652. The van der Waals surface area contributed by atoms with Gasteiger partial charge in [0.25, 0.3) is 0 Å². The van der Waals surface area contributed by atoms with E-state index in [9.17, 15) is 18.0 Å². The maximum atomic E-state index is 12.3. The fourth-order valence-electron chi connectivity index (χ4n) is 1.84. The third-order valence-corrected chi connectivity index (χ3v) is 2.87. The van der Waals surface area contributed by atoms with E-state index in [1.165, 1.54) is 12.1 Å². The van der Waals surface area contributed by atoms with Gasteiger partial charge in [-0.3, -0.25) is 0 Å². The molecule has 1 heterocycles. The Kier molecular flexibility index (Phi) is 3.82. The molecule has 1 aliphatic rings. The van der Waals surface area contributed by atoms with Gasteiger partial charge in [0.2, 0.25) is 0 Å². The van der Waals surface area contributed by atoms with Gasteiger partial charge in [-0.15, -0.1) is 0 Å². The lowest BCUT2D eigenvalue weighted by Crippen LogP contribution is -2.32. The number of benzene rings is 1. The number of carbonyl (C=O) groups is 1. The second-order valence-electron chi connectivity index (χ2n) is 4.22. The summed E-state index contributed by atoms with van der Waals surface area (Å²) in [6.07, 6.45) is -4.31. The lowest BCUT2D eigenvalue weighted by atomic mass is 10.2. The summed E-state index contributed by atoms with van der Waals surface area (Å²) >= 11 is 0. The number of hydrogen-bond acceptors (Lipinski definition) is 2. The first-order valence-electron chi connectivity index (χ1n) is 5.91. The zero-order valence-electron chi connectivity index (χ0n) is 10.1. The van der Waals surface area contributed by atoms with E-state index in [4.69, 9.17) is 0 Å². The van der Waals surface area contributed by atoms with Crippen molar-refractivity contribution < 1.29 is 18.0 Å². The Morgan fingerprint density at radius 3 is 2.47 bits per heavy atom. The van der Waals surface area contributed by atoms with Crippen LogP contribution in [0.3, 0.4) is 0 Å². The van der Waals surface area contributed by atoms with Crippen molar-refractivity contribution in [1.82, 2.24) is 10.2 Å². The predicted octanol–water partition coefficient (Wildman–Crippen LogP) is 2.14. The van der Waals surface area contributed by atoms with Crippen LogP contribution in [0.1, 0.15) is 5.56 Å². The molecule has 2 rings (SSSR count). The van der Waals surface area contributed by atoms with Gasteiger partial charge in [0.15, 0.2) is 0 Å². The van der Waals surface area contributed by atoms with Gasteiger partial charge in [-0.2, -0.15) is 13.2 Å². The monoisotopic (exact) mass is 273 g/mol. The summed E-state index contributed by atoms with van der Waals surface area (Å²) in [7, 11) is 0. The van der Waals surface area contributed by atoms with Crippen molar-refractivity contribution in [2.24, 2.45) is 0 Å². The van der Waals surface area contributed by atoms with Crippen LogP contribution in [0.2, 0.25) is 0 Å². The van der Waals surface area contributed by atoms with Crippen molar-refractivity contribution in [3.05, 3.63) is 29.8 Å². The van der Waals surface area contributed by atoms with Crippen LogP contribution < -0.4 is 10.6 Å². The van der Waals surface area contributed by atoms with Gasteiger partial charge in [0, 0.05) is 31.9 Å². The quantitative estimate of drug-likeness (QED) is 0.882. The van der Waals surface area contributed by atoms with Crippen LogP contribution in [0.15, 0.2) is 24.3 Å². The number of urea groups is 1. The Morgan fingerprint density at radius 2 is 1.95 bits per heavy atom. The van der Waals surface area contributed by atoms with E-state index in [0.29, 0.717) is 31.9 Å². The molecule has 1 aromatic carbocycles. The maximum absolute atomic E-state index is 12.3. The fraction of sp³-hybridized carbons (Fsp3) is 0.417. The Morgan fingerprint density at radius 1 is 1.26 bits per heavy atom. The standard InChI is InChI=1S/C12H14F3N3O/c13-12(14,15)9-1-3-10(4-2-9)16-5-7-18-8-6-17-11(18)19/h1-4,16H,5-8H2,(H,17,19). The van der Waals surface area contributed by atoms with E-state index >= 15 is 0 Å². The van der Waals surface area contributed by atoms with Gasteiger partial charge in [-0.05, 0) is 24.3 Å². The molecule has 0 aliphatic carbocycles. The van der Waals surface area contributed by atoms with Gasteiger partial charge < -0.3 is 15.5 Å². The van der Waals surface area contributed by atoms with Gasteiger partial charge in [-0.25, -0.2) is 4.79 Å². The summed E-state index contributed by atoms with van der Waals surface area (Å²) in [4.78, 5) is 12.9. The average Bonchev–Trinajstić information content (AvgIpc) is 2.75. The van der Waals surface area contributed by atoms with Crippen LogP contribution in [-0.4, -0.2) is 37.1 Å². The minimum absolute atomic E-state index is 0.103. The smallest absolute Gasteiger partial charge is 0.383 e. The highest BCUT2D eigenvalue weighted by molar-refractivity contribution is 5.76. The SMILES string of the molecule is O=C1NCCN1CCNc1ccc(C(F)(F)F)cc1. The second kappa shape index (κ2) is 5.38. The average molecular weight is 273 g/mol. The van der Waals surface area contributed by atoms with E-state index in [2.05, 4.69) is 10.6 Å². The number of alkyl halides is 3. The molecule has 4 nitrogen and oxygen atoms in total. The molecule has 0 spiro atoms. The highest BCUT2D eigenvalue weighted by Gasteiger charge is 2.29. The molecule has 2 N–H and O–H groups in total. The maximum Gasteiger partial charge on any atom is 0.416 e. The lowest BCUT2D eigenvalue weighted by Gasteiger charge is -2.15. The molecule has 19 heavy (non-hydrogen) atoms. The molecule has 7 heteroatoms. The van der Waals surface area contributed by atoms with Crippen molar-refractivity contribution in [2.75, 3.05) is 31.5 Å². The Balaban J connectivity index is 1.82. The van der Waals surface area contributed by atoms with E-state index < -0.39 is 11.7 Å². The van der Waals surface area contributed by atoms with Crippen molar-refractivity contribution >= 4 is 11.7 Å². The van der Waals surface area contributed by atoms with Gasteiger partial charge in [0.05, 0.1) is 5.56 Å².